The first-order valence-electron chi connectivity index (χ1n) is 10.8. The van der Waals surface area contributed by atoms with Gasteiger partial charge in [0, 0.05) is 23.3 Å². The molecule has 0 aliphatic carbocycles. The van der Waals surface area contributed by atoms with Gasteiger partial charge in [0.2, 0.25) is 0 Å². The summed E-state index contributed by atoms with van der Waals surface area (Å²) in [6.07, 6.45) is 0. The number of hydrogen-bond acceptors (Lipinski definition) is 4. The molecule has 172 valence electrons. The van der Waals surface area contributed by atoms with Crippen molar-refractivity contribution in [2.75, 3.05) is 0 Å². The molecule has 6 heteroatoms. The van der Waals surface area contributed by atoms with Gasteiger partial charge in [0.05, 0.1) is 9.85 Å². The predicted octanol–water partition coefficient (Wildman–Crippen LogP) is 7.76. The normalized spacial score (nSPS) is 10.2. The molecule has 0 aromatic heterocycles. The summed E-state index contributed by atoms with van der Waals surface area (Å²) in [5, 5.41) is 21.8. The molecular formula is C28H26N2O4. The Kier molecular flexibility index (Phi) is 7.53. The third-order valence-electron chi connectivity index (χ3n) is 5.87. The van der Waals surface area contributed by atoms with Crippen molar-refractivity contribution in [3.63, 3.8) is 0 Å². The molecule has 0 bridgehead atoms. The van der Waals surface area contributed by atoms with E-state index >= 15 is 0 Å². The number of hydrogen-bond donors (Lipinski definition) is 0. The van der Waals surface area contributed by atoms with Gasteiger partial charge in [-0.1, -0.05) is 72.8 Å². The van der Waals surface area contributed by atoms with Crippen molar-refractivity contribution < 1.29 is 9.85 Å². The van der Waals surface area contributed by atoms with Crippen LogP contribution < -0.4 is 0 Å². The van der Waals surface area contributed by atoms with Crippen molar-refractivity contribution in [3.05, 3.63) is 127 Å². The van der Waals surface area contributed by atoms with Crippen LogP contribution in [0.2, 0.25) is 0 Å². The van der Waals surface area contributed by atoms with Gasteiger partial charge in [-0.05, 0) is 61.1 Å². The molecule has 4 aromatic carbocycles. The van der Waals surface area contributed by atoms with Gasteiger partial charge in [-0.25, -0.2) is 0 Å². The number of benzene rings is 4. The lowest BCUT2D eigenvalue weighted by Crippen LogP contribution is -1.94. The molecule has 0 saturated heterocycles. The van der Waals surface area contributed by atoms with Gasteiger partial charge in [-0.3, -0.25) is 20.2 Å². The van der Waals surface area contributed by atoms with Gasteiger partial charge in [0.1, 0.15) is 0 Å². The molecule has 4 aromatic rings. The van der Waals surface area contributed by atoms with Crippen LogP contribution in [0, 0.1) is 47.9 Å². The van der Waals surface area contributed by atoms with Crippen LogP contribution in [0.4, 0.5) is 11.4 Å². The lowest BCUT2D eigenvalue weighted by Gasteiger charge is -2.09. The molecule has 0 aliphatic heterocycles. The van der Waals surface area contributed by atoms with Gasteiger partial charge in [-0.15, -0.1) is 0 Å². The minimum absolute atomic E-state index is 0.172. The van der Waals surface area contributed by atoms with Gasteiger partial charge in [0.15, 0.2) is 0 Å². The topological polar surface area (TPSA) is 86.3 Å². The molecule has 0 atom stereocenters. The Hall–Kier alpha value is -4.32. The predicted molar refractivity (Wildman–Crippen MR) is 136 cm³/mol. The third-order valence-corrected chi connectivity index (χ3v) is 5.87. The summed E-state index contributed by atoms with van der Waals surface area (Å²) >= 11 is 0. The van der Waals surface area contributed by atoms with Crippen LogP contribution in [0.25, 0.3) is 22.3 Å². The van der Waals surface area contributed by atoms with E-state index < -0.39 is 0 Å². The van der Waals surface area contributed by atoms with Gasteiger partial charge in [-0.2, -0.15) is 0 Å². The maximum Gasteiger partial charge on any atom is 0.272 e. The minimum atomic E-state index is -0.336. The maximum atomic E-state index is 10.9. The number of rotatable bonds is 4. The van der Waals surface area contributed by atoms with Crippen LogP contribution in [0.5, 0.6) is 0 Å². The van der Waals surface area contributed by atoms with Gasteiger partial charge >= 0.3 is 0 Å². The van der Waals surface area contributed by atoms with Crippen LogP contribution in [-0.2, 0) is 0 Å². The molecule has 0 amide bonds. The monoisotopic (exact) mass is 454 g/mol. The molecule has 6 nitrogen and oxygen atoms in total. The summed E-state index contributed by atoms with van der Waals surface area (Å²) in [6.45, 7) is 7.60. The first-order valence-corrected chi connectivity index (χ1v) is 10.8. The van der Waals surface area contributed by atoms with Gasteiger partial charge in [0.25, 0.3) is 11.4 Å². The highest BCUT2D eigenvalue weighted by atomic mass is 16.6. The summed E-state index contributed by atoms with van der Waals surface area (Å²) < 4.78 is 0. The highest BCUT2D eigenvalue weighted by Gasteiger charge is 2.16. The molecular weight excluding hydrogens is 428 g/mol. The summed E-state index contributed by atoms with van der Waals surface area (Å²) in [7, 11) is 0. The molecule has 0 heterocycles. The first-order chi connectivity index (χ1) is 16.2. The van der Waals surface area contributed by atoms with Crippen molar-refractivity contribution >= 4 is 11.4 Å². The molecule has 34 heavy (non-hydrogen) atoms. The second-order valence-electron chi connectivity index (χ2n) is 8.04. The lowest BCUT2D eigenvalue weighted by atomic mass is 9.96. The number of nitro groups is 2. The molecule has 0 fully saturated rings. The van der Waals surface area contributed by atoms with E-state index in [0.29, 0.717) is 11.1 Å². The smallest absolute Gasteiger partial charge is 0.258 e. The van der Waals surface area contributed by atoms with E-state index in [0.717, 1.165) is 33.4 Å². The summed E-state index contributed by atoms with van der Waals surface area (Å²) in [4.78, 5) is 21.1. The third kappa shape index (κ3) is 5.18. The van der Waals surface area contributed by atoms with Crippen LogP contribution in [0.15, 0.2) is 84.9 Å². The fourth-order valence-corrected chi connectivity index (χ4v) is 3.98. The Morgan fingerprint density at radius 1 is 0.471 bits per heavy atom. The van der Waals surface area contributed by atoms with E-state index in [1.165, 1.54) is 12.1 Å². The quantitative estimate of drug-likeness (QED) is 0.233. The first kappa shape index (κ1) is 24.3. The Balaban J connectivity index is 0.000000191. The Morgan fingerprint density at radius 3 is 1.12 bits per heavy atom. The molecule has 4 rings (SSSR count). The Morgan fingerprint density at radius 2 is 0.794 bits per heavy atom. The summed E-state index contributed by atoms with van der Waals surface area (Å²) in [5.74, 6) is 0. The molecule has 0 unspecified atom stereocenters. The minimum Gasteiger partial charge on any atom is -0.258 e. The summed E-state index contributed by atoms with van der Waals surface area (Å²) in [5.41, 5.74) is 7.97. The highest BCUT2D eigenvalue weighted by Crippen LogP contribution is 2.32. The van der Waals surface area contributed by atoms with E-state index in [1.807, 2.05) is 74.5 Å². The molecule has 0 N–H and O–H groups in total. The fraction of sp³-hybridized carbons (Fsp3) is 0.143. The second-order valence-corrected chi connectivity index (χ2v) is 8.04. The SMILES string of the molecule is Cc1ccccc1-c1cccc([N+](=O)[O-])c1C.Cc1ccccc1-c1cccc([N+](=O)[O-])c1C. The second kappa shape index (κ2) is 10.5. The van der Waals surface area contributed by atoms with Crippen LogP contribution >= 0.6 is 0 Å². The van der Waals surface area contributed by atoms with Crippen molar-refractivity contribution in [2.45, 2.75) is 27.7 Å². The average Bonchev–Trinajstić information content (AvgIpc) is 2.81. The van der Waals surface area contributed by atoms with E-state index in [4.69, 9.17) is 0 Å². The fourth-order valence-electron chi connectivity index (χ4n) is 3.98. The molecule has 0 aliphatic rings. The zero-order valence-electron chi connectivity index (χ0n) is 19.6. The molecule has 0 saturated carbocycles. The maximum absolute atomic E-state index is 10.9. The number of aryl methyl sites for hydroxylation is 2. The zero-order chi connectivity index (χ0) is 24.8. The highest BCUT2D eigenvalue weighted by molar-refractivity contribution is 5.74. The van der Waals surface area contributed by atoms with Crippen LogP contribution in [0.3, 0.4) is 0 Å². The largest absolute Gasteiger partial charge is 0.272 e. The Labute approximate surface area is 198 Å². The summed E-state index contributed by atoms with van der Waals surface area (Å²) in [6, 6.07) is 26.2. The van der Waals surface area contributed by atoms with Crippen LogP contribution in [-0.4, -0.2) is 9.85 Å². The lowest BCUT2D eigenvalue weighted by molar-refractivity contribution is -0.385. The number of nitrogens with zero attached hydrogens (tertiary/aromatic N) is 2. The average molecular weight is 455 g/mol. The van der Waals surface area contributed by atoms with Crippen molar-refractivity contribution in [1.82, 2.24) is 0 Å². The molecule has 0 radical (unpaired) electrons. The van der Waals surface area contributed by atoms with Crippen molar-refractivity contribution in [2.24, 2.45) is 0 Å². The van der Waals surface area contributed by atoms with Gasteiger partial charge < -0.3 is 0 Å². The number of nitro benzene ring substituents is 2. The standard InChI is InChI=1S/2C14H13NO2/c2*1-10-6-3-4-7-12(10)13-8-5-9-14(11(13)2)15(16)17/h2*3-9H,1-2H3. The van der Waals surface area contributed by atoms with Crippen molar-refractivity contribution in [1.29, 1.82) is 0 Å². The molecule has 0 spiro atoms. The van der Waals surface area contributed by atoms with Crippen LogP contribution in [0.1, 0.15) is 22.3 Å². The van der Waals surface area contributed by atoms with E-state index in [1.54, 1.807) is 26.0 Å². The van der Waals surface area contributed by atoms with Crippen molar-refractivity contribution in [3.8, 4) is 22.3 Å². The van der Waals surface area contributed by atoms with E-state index in [2.05, 4.69) is 0 Å². The van der Waals surface area contributed by atoms with E-state index in [-0.39, 0.29) is 21.2 Å². The van der Waals surface area contributed by atoms with E-state index in [9.17, 15) is 20.2 Å². The Bertz CT molecular complexity index is 1260. The zero-order valence-corrected chi connectivity index (χ0v) is 19.6.